The van der Waals surface area contributed by atoms with E-state index >= 15 is 0 Å². The third kappa shape index (κ3) is 41.0. The van der Waals surface area contributed by atoms with Gasteiger partial charge in [-0.25, -0.2) is 4.57 Å². The molecule has 3 atom stereocenters. The molecule has 0 aliphatic heterocycles. The van der Waals surface area contributed by atoms with E-state index in [0.29, 0.717) is 12.8 Å². The summed E-state index contributed by atoms with van der Waals surface area (Å²) < 4.78 is 32.7. The number of hydrogen-bond donors (Lipinski definition) is 3. The Labute approximate surface area is 354 Å². The van der Waals surface area contributed by atoms with Crippen LogP contribution < -0.4 is 5.73 Å². The van der Waals surface area contributed by atoms with E-state index in [2.05, 4.69) is 30.5 Å². The topological polar surface area (TPSA) is 172 Å². The highest BCUT2D eigenvalue weighted by Gasteiger charge is 2.28. The molecule has 0 radical (unpaired) electrons. The minimum absolute atomic E-state index is 0.154. The zero-order valence-corrected chi connectivity index (χ0v) is 38.1. The first-order valence-electron chi connectivity index (χ1n) is 23.7. The minimum atomic E-state index is -4.71. The molecule has 11 nitrogen and oxygen atoms in total. The predicted octanol–water partition coefficient (Wildman–Crippen LogP) is 12.8. The lowest BCUT2D eigenvalue weighted by Gasteiger charge is -2.20. The quantitative estimate of drug-likeness (QED) is 0.0230. The van der Waals surface area contributed by atoms with Crippen LogP contribution in [0.3, 0.4) is 0 Å². The zero-order valence-electron chi connectivity index (χ0n) is 37.2. The molecule has 0 aromatic heterocycles. The van der Waals surface area contributed by atoms with Gasteiger partial charge in [-0.1, -0.05) is 199 Å². The highest BCUT2D eigenvalue weighted by atomic mass is 31.2. The fourth-order valence-corrected chi connectivity index (χ4v) is 7.53. The Hall–Kier alpha value is -1.78. The van der Waals surface area contributed by atoms with E-state index in [9.17, 15) is 23.8 Å². The number of carboxylic acid groups (broad SMARTS) is 1. The molecule has 0 rings (SSSR count). The van der Waals surface area contributed by atoms with E-state index in [-0.39, 0.29) is 19.4 Å². The standard InChI is InChI=1S/C46H88NO10P/c1-3-5-7-9-11-13-15-16-17-18-19-20-21-22-23-24-25-26-28-29-31-33-35-37-44(48)54-39-42(40-55-58(52,53)56-41-43(47)46(50)51)57-45(49)38-36-34-32-30-27-14-12-10-8-6-4-2/h10,12,42-43H,3-9,11,13-41,47H2,1-2H3,(H,50,51)(H,52,53)/b12-10+/t42-,43-/m0/s1. The van der Waals surface area contributed by atoms with Gasteiger partial charge in [0.1, 0.15) is 12.6 Å². The molecular weight excluding hydrogens is 757 g/mol. The average Bonchev–Trinajstić information content (AvgIpc) is 3.20. The van der Waals surface area contributed by atoms with Crippen molar-refractivity contribution < 1.29 is 47.5 Å². The third-order valence-electron chi connectivity index (χ3n) is 10.5. The molecule has 0 amide bonds. The van der Waals surface area contributed by atoms with Crippen molar-refractivity contribution in [3.8, 4) is 0 Å². The number of phosphoric acid groups is 1. The number of ether oxygens (including phenoxy) is 2. The second kappa shape index (κ2) is 41.9. The number of carbonyl (C=O) groups is 3. The van der Waals surface area contributed by atoms with Crippen molar-refractivity contribution >= 4 is 25.7 Å². The van der Waals surface area contributed by atoms with Crippen LogP contribution in [0.5, 0.6) is 0 Å². The predicted molar refractivity (Wildman–Crippen MR) is 236 cm³/mol. The van der Waals surface area contributed by atoms with Crippen LogP contribution in [-0.2, 0) is 37.5 Å². The first-order chi connectivity index (χ1) is 28.1. The number of nitrogens with two attached hydrogens (primary N) is 1. The summed E-state index contributed by atoms with van der Waals surface area (Å²) in [6.45, 7) is 2.78. The first kappa shape index (κ1) is 56.2. The van der Waals surface area contributed by atoms with E-state index in [1.807, 2.05) is 0 Å². The largest absolute Gasteiger partial charge is 0.480 e. The summed E-state index contributed by atoms with van der Waals surface area (Å²) in [5.41, 5.74) is 5.33. The van der Waals surface area contributed by atoms with Crippen molar-refractivity contribution in [1.82, 2.24) is 0 Å². The van der Waals surface area contributed by atoms with Gasteiger partial charge in [0.15, 0.2) is 6.10 Å². The Kier molecular flexibility index (Phi) is 40.6. The van der Waals surface area contributed by atoms with Crippen molar-refractivity contribution in [2.45, 2.75) is 244 Å². The van der Waals surface area contributed by atoms with Crippen LogP contribution in [-0.4, -0.2) is 59.9 Å². The molecule has 0 saturated carbocycles. The molecule has 4 N–H and O–H groups in total. The fourth-order valence-electron chi connectivity index (χ4n) is 6.75. The van der Waals surface area contributed by atoms with Crippen molar-refractivity contribution in [2.24, 2.45) is 5.73 Å². The van der Waals surface area contributed by atoms with Crippen molar-refractivity contribution in [2.75, 3.05) is 19.8 Å². The molecule has 342 valence electrons. The van der Waals surface area contributed by atoms with Crippen LogP contribution in [0, 0.1) is 0 Å². The van der Waals surface area contributed by atoms with Gasteiger partial charge in [0.2, 0.25) is 0 Å². The lowest BCUT2D eigenvalue weighted by molar-refractivity contribution is -0.161. The highest BCUT2D eigenvalue weighted by Crippen LogP contribution is 2.43. The zero-order chi connectivity index (χ0) is 42.8. The van der Waals surface area contributed by atoms with Crippen LogP contribution >= 0.6 is 7.82 Å². The molecular formula is C46H88NO10P. The van der Waals surface area contributed by atoms with Gasteiger partial charge in [-0.05, 0) is 32.1 Å². The van der Waals surface area contributed by atoms with Gasteiger partial charge >= 0.3 is 25.7 Å². The summed E-state index contributed by atoms with van der Waals surface area (Å²) in [4.78, 5) is 45.9. The van der Waals surface area contributed by atoms with Crippen LogP contribution in [0.1, 0.15) is 232 Å². The van der Waals surface area contributed by atoms with Gasteiger partial charge in [0.05, 0.1) is 13.2 Å². The Morgan fingerprint density at radius 2 is 0.879 bits per heavy atom. The second-order valence-corrected chi connectivity index (χ2v) is 17.7. The molecule has 1 unspecified atom stereocenters. The number of hydrogen-bond acceptors (Lipinski definition) is 9. The van der Waals surface area contributed by atoms with Crippen LogP contribution in [0.4, 0.5) is 0 Å². The van der Waals surface area contributed by atoms with Gasteiger partial charge in [0, 0.05) is 12.8 Å². The molecule has 0 aliphatic rings. The Morgan fingerprint density at radius 1 is 0.517 bits per heavy atom. The number of allylic oxidation sites excluding steroid dienone is 2. The van der Waals surface area contributed by atoms with E-state index < -0.39 is 51.1 Å². The molecule has 0 spiro atoms. The fraction of sp³-hybridized carbons (Fsp3) is 0.891. The second-order valence-electron chi connectivity index (χ2n) is 16.2. The maximum atomic E-state index is 12.6. The number of carboxylic acids is 1. The van der Waals surface area contributed by atoms with Gasteiger partial charge in [-0.2, -0.15) is 0 Å². The SMILES string of the molecule is CCCC/C=C/CCCCCCCC(=O)O[C@@H](COC(=O)CCCCCCCCCCCCCCCCCCCCCCCCC)COP(=O)(O)OC[C@H](N)C(=O)O. The Balaban J connectivity index is 4.14. The van der Waals surface area contributed by atoms with Crippen LogP contribution in [0.2, 0.25) is 0 Å². The monoisotopic (exact) mass is 846 g/mol. The summed E-state index contributed by atoms with van der Waals surface area (Å²) in [7, 11) is -4.71. The summed E-state index contributed by atoms with van der Waals surface area (Å²) in [5, 5.41) is 8.89. The molecule has 0 aromatic rings. The lowest BCUT2D eigenvalue weighted by atomic mass is 10.0. The molecule has 58 heavy (non-hydrogen) atoms. The normalized spacial score (nSPS) is 13.7. The summed E-state index contributed by atoms with van der Waals surface area (Å²) in [6.07, 6.45) is 42.9. The molecule has 0 heterocycles. The van der Waals surface area contributed by atoms with Crippen molar-refractivity contribution in [3.63, 3.8) is 0 Å². The number of aliphatic carboxylic acids is 1. The minimum Gasteiger partial charge on any atom is -0.480 e. The molecule has 12 heteroatoms. The van der Waals surface area contributed by atoms with E-state index in [0.717, 1.165) is 57.8 Å². The summed E-state index contributed by atoms with van der Waals surface area (Å²) >= 11 is 0. The Morgan fingerprint density at radius 3 is 1.31 bits per heavy atom. The highest BCUT2D eigenvalue weighted by molar-refractivity contribution is 7.47. The number of rotatable bonds is 45. The van der Waals surface area contributed by atoms with Crippen molar-refractivity contribution in [3.05, 3.63) is 12.2 Å². The van der Waals surface area contributed by atoms with Crippen LogP contribution in [0.15, 0.2) is 12.2 Å². The van der Waals surface area contributed by atoms with E-state index in [1.54, 1.807) is 0 Å². The van der Waals surface area contributed by atoms with E-state index in [1.165, 1.54) is 135 Å². The number of carbonyl (C=O) groups excluding carboxylic acids is 2. The lowest BCUT2D eigenvalue weighted by Crippen LogP contribution is -2.34. The van der Waals surface area contributed by atoms with Gasteiger partial charge in [0.25, 0.3) is 0 Å². The summed E-state index contributed by atoms with van der Waals surface area (Å²) in [5.74, 6) is -2.38. The molecule has 0 aliphatic carbocycles. The summed E-state index contributed by atoms with van der Waals surface area (Å²) in [6, 6.07) is -1.52. The number of phosphoric ester groups is 1. The van der Waals surface area contributed by atoms with Gasteiger partial charge < -0.3 is 25.2 Å². The van der Waals surface area contributed by atoms with Crippen LogP contribution in [0.25, 0.3) is 0 Å². The van der Waals surface area contributed by atoms with Crippen molar-refractivity contribution in [1.29, 1.82) is 0 Å². The van der Waals surface area contributed by atoms with Gasteiger partial charge in [-0.15, -0.1) is 0 Å². The maximum Gasteiger partial charge on any atom is 0.472 e. The molecule has 0 bridgehead atoms. The molecule has 0 fully saturated rings. The van der Waals surface area contributed by atoms with Gasteiger partial charge in [-0.3, -0.25) is 23.4 Å². The Bertz CT molecular complexity index is 1040. The third-order valence-corrected chi connectivity index (χ3v) is 11.5. The first-order valence-corrected chi connectivity index (χ1v) is 25.2. The molecule has 0 aromatic carbocycles. The van der Waals surface area contributed by atoms with E-state index in [4.69, 9.17) is 24.8 Å². The maximum absolute atomic E-state index is 12.6. The number of unbranched alkanes of at least 4 members (excludes halogenated alkanes) is 29. The average molecular weight is 846 g/mol. The molecule has 0 saturated heterocycles. The number of esters is 2. The smallest absolute Gasteiger partial charge is 0.472 e.